The summed E-state index contributed by atoms with van der Waals surface area (Å²) in [6, 6.07) is 6.28. The molecule has 2 rings (SSSR count). The summed E-state index contributed by atoms with van der Waals surface area (Å²) in [7, 11) is 3.59. The second kappa shape index (κ2) is 3.68. The van der Waals surface area contributed by atoms with Gasteiger partial charge in [0, 0.05) is 19.7 Å². The molecule has 0 spiro atoms. The molecule has 1 aromatic heterocycles. The first kappa shape index (κ1) is 9.64. The summed E-state index contributed by atoms with van der Waals surface area (Å²) in [5.41, 5.74) is 0.714. The molecule has 5 heteroatoms. The second-order valence-corrected chi connectivity index (χ2v) is 3.17. The zero-order chi connectivity index (χ0) is 10.8. The van der Waals surface area contributed by atoms with Crippen molar-refractivity contribution in [2.45, 2.75) is 0 Å². The molecule has 2 aromatic rings. The number of aromatic nitrogens is 3. The number of benzene rings is 1. The molecule has 4 nitrogen and oxygen atoms in total. The molecule has 78 valence electrons. The lowest BCUT2D eigenvalue weighted by Crippen LogP contribution is -1.99. The van der Waals surface area contributed by atoms with E-state index in [0.29, 0.717) is 17.3 Å². The Hall–Kier alpha value is -1.91. The van der Waals surface area contributed by atoms with Gasteiger partial charge in [0.2, 0.25) is 5.95 Å². The van der Waals surface area contributed by atoms with Crippen molar-refractivity contribution in [3.05, 3.63) is 30.1 Å². The Morgan fingerprint density at radius 1 is 1.33 bits per heavy atom. The summed E-state index contributed by atoms with van der Waals surface area (Å²) < 4.78 is 14.8. The Morgan fingerprint density at radius 2 is 2.13 bits per heavy atom. The Kier molecular flexibility index (Phi) is 2.37. The summed E-state index contributed by atoms with van der Waals surface area (Å²) in [4.78, 5) is 0. The number of nitrogens with zero attached hydrogens (tertiary/aromatic N) is 3. The molecule has 1 N–H and O–H groups in total. The predicted molar refractivity (Wildman–Crippen MR) is 55.9 cm³/mol. The molecule has 0 aliphatic rings. The molecule has 15 heavy (non-hydrogen) atoms. The molecule has 0 fully saturated rings. The second-order valence-electron chi connectivity index (χ2n) is 3.17. The average Bonchev–Trinajstić information content (AvgIpc) is 2.59. The molecule has 0 unspecified atom stereocenters. The van der Waals surface area contributed by atoms with Gasteiger partial charge in [0.25, 0.3) is 0 Å². The lowest BCUT2D eigenvalue weighted by molar-refractivity contribution is 0.628. The van der Waals surface area contributed by atoms with Crippen molar-refractivity contribution in [2.24, 2.45) is 7.05 Å². The third-order valence-electron chi connectivity index (χ3n) is 2.18. The first-order chi connectivity index (χ1) is 7.22. The zero-order valence-electron chi connectivity index (χ0n) is 8.53. The summed E-state index contributed by atoms with van der Waals surface area (Å²) in [5, 5.41) is 10.8. The minimum absolute atomic E-state index is 0.276. The van der Waals surface area contributed by atoms with Crippen molar-refractivity contribution >= 4 is 5.95 Å². The van der Waals surface area contributed by atoms with E-state index in [1.54, 1.807) is 23.7 Å². The van der Waals surface area contributed by atoms with Crippen molar-refractivity contribution in [3.8, 4) is 11.4 Å². The molecular formula is C10H11FN4. The molecule has 1 heterocycles. The highest BCUT2D eigenvalue weighted by molar-refractivity contribution is 5.57. The number of hydrogen-bond acceptors (Lipinski definition) is 3. The first-order valence-electron chi connectivity index (χ1n) is 4.55. The van der Waals surface area contributed by atoms with Gasteiger partial charge in [-0.3, -0.25) is 4.57 Å². The predicted octanol–water partition coefficient (Wildman–Crippen LogP) is 1.66. The molecule has 0 bridgehead atoms. The molecule has 0 saturated carbocycles. The third kappa shape index (κ3) is 1.68. The van der Waals surface area contributed by atoms with Crippen molar-refractivity contribution in [1.29, 1.82) is 0 Å². The monoisotopic (exact) mass is 206 g/mol. The summed E-state index contributed by atoms with van der Waals surface area (Å²) in [6.45, 7) is 0. The van der Waals surface area contributed by atoms with Gasteiger partial charge < -0.3 is 5.32 Å². The molecular weight excluding hydrogens is 195 g/mol. The minimum Gasteiger partial charge on any atom is -0.357 e. The lowest BCUT2D eigenvalue weighted by atomic mass is 10.2. The average molecular weight is 206 g/mol. The number of rotatable bonds is 2. The maximum absolute atomic E-state index is 13.0. The van der Waals surface area contributed by atoms with Crippen molar-refractivity contribution < 1.29 is 4.39 Å². The highest BCUT2D eigenvalue weighted by atomic mass is 19.1. The van der Waals surface area contributed by atoms with Crippen LogP contribution in [0.3, 0.4) is 0 Å². The first-order valence-corrected chi connectivity index (χ1v) is 4.55. The van der Waals surface area contributed by atoms with E-state index in [2.05, 4.69) is 15.5 Å². The number of nitrogens with one attached hydrogen (secondary N) is 1. The molecule has 0 amide bonds. The fourth-order valence-electron chi connectivity index (χ4n) is 1.43. The van der Waals surface area contributed by atoms with Gasteiger partial charge >= 0.3 is 0 Å². The maximum Gasteiger partial charge on any atom is 0.224 e. The van der Waals surface area contributed by atoms with Gasteiger partial charge in [0.1, 0.15) is 5.82 Å². The molecule has 0 atom stereocenters. The van der Waals surface area contributed by atoms with Gasteiger partial charge in [-0.2, -0.15) is 0 Å². The van der Waals surface area contributed by atoms with Gasteiger partial charge in [-0.05, 0) is 12.1 Å². The number of hydrogen-bond donors (Lipinski definition) is 1. The van der Waals surface area contributed by atoms with Crippen LogP contribution in [0.1, 0.15) is 0 Å². The number of anilines is 1. The van der Waals surface area contributed by atoms with E-state index in [1.165, 1.54) is 12.1 Å². The van der Waals surface area contributed by atoms with Crippen molar-refractivity contribution in [3.63, 3.8) is 0 Å². The van der Waals surface area contributed by atoms with Crippen LogP contribution in [-0.4, -0.2) is 21.8 Å². The molecule has 0 radical (unpaired) electrons. The van der Waals surface area contributed by atoms with Crippen LogP contribution in [0.5, 0.6) is 0 Å². The van der Waals surface area contributed by atoms with Gasteiger partial charge in [-0.1, -0.05) is 12.1 Å². The van der Waals surface area contributed by atoms with E-state index in [1.807, 2.05) is 7.05 Å². The van der Waals surface area contributed by atoms with Crippen LogP contribution < -0.4 is 5.32 Å². The van der Waals surface area contributed by atoms with E-state index >= 15 is 0 Å². The summed E-state index contributed by atoms with van der Waals surface area (Å²) in [6.07, 6.45) is 0. The van der Waals surface area contributed by atoms with Crippen LogP contribution >= 0.6 is 0 Å². The largest absolute Gasteiger partial charge is 0.357 e. The van der Waals surface area contributed by atoms with E-state index in [0.717, 1.165) is 0 Å². The zero-order valence-corrected chi connectivity index (χ0v) is 8.53. The smallest absolute Gasteiger partial charge is 0.224 e. The Morgan fingerprint density at radius 3 is 2.73 bits per heavy atom. The van der Waals surface area contributed by atoms with E-state index in [-0.39, 0.29) is 5.82 Å². The summed E-state index contributed by atoms with van der Waals surface area (Å²) >= 11 is 0. The highest BCUT2D eigenvalue weighted by Gasteiger charge is 2.09. The van der Waals surface area contributed by atoms with E-state index in [4.69, 9.17) is 0 Å². The molecule has 1 aromatic carbocycles. The van der Waals surface area contributed by atoms with Gasteiger partial charge in [0.05, 0.1) is 0 Å². The van der Waals surface area contributed by atoms with Crippen LogP contribution in [0.25, 0.3) is 11.4 Å². The summed E-state index contributed by atoms with van der Waals surface area (Å²) in [5.74, 6) is 1.01. The van der Waals surface area contributed by atoms with Crippen LogP contribution in [0, 0.1) is 5.82 Å². The SMILES string of the molecule is CNc1nnc(-c2cccc(F)c2)n1C. The Balaban J connectivity index is 2.49. The maximum atomic E-state index is 13.0. The van der Waals surface area contributed by atoms with Gasteiger partial charge in [-0.25, -0.2) is 4.39 Å². The van der Waals surface area contributed by atoms with Gasteiger partial charge in [0.15, 0.2) is 5.82 Å². The van der Waals surface area contributed by atoms with Crippen molar-refractivity contribution in [1.82, 2.24) is 14.8 Å². The minimum atomic E-state index is -0.276. The Labute approximate surface area is 86.8 Å². The topological polar surface area (TPSA) is 42.7 Å². The lowest BCUT2D eigenvalue weighted by Gasteiger charge is -2.02. The normalized spacial score (nSPS) is 10.3. The van der Waals surface area contributed by atoms with Crippen molar-refractivity contribution in [2.75, 3.05) is 12.4 Å². The molecule has 0 saturated heterocycles. The van der Waals surface area contributed by atoms with Crippen LogP contribution in [0.15, 0.2) is 24.3 Å². The highest BCUT2D eigenvalue weighted by Crippen LogP contribution is 2.19. The van der Waals surface area contributed by atoms with Crippen LogP contribution in [-0.2, 0) is 7.05 Å². The quantitative estimate of drug-likeness (QED) is 0.812. The fourth-order valence-corrected chi connectivity index (χ4v) is 1.43. The third-order valence-corrected chi connectivity index (χ3v) is 2.18. The van der Waals surface area contributed by atoms with Crippen LogP contribution in [0.2, 0.25) is 0 Å². The molecule has 0 aliphatic heterocycles. The standard InChI is InChI=1S/C10H11FN4/c1-12-10-14-13-9(15(10)2)7-4-3-5-8(11)6-7/h3-6H,1-2H3,(H,12,14). The number of halogens is 1. The van der Waals surface area contributed by atoms with E-state index in [9.17, 15) is 4.39 Å². The molecule has 0 aliphatic carbocycles. The Bertz CT molecular complexity index is 478. The van der Waals surface area contributed by atoms with Gasteiger partial charge in [-0.15, -0.1) is 10.2 Å². The fraction of sp³-hybridized carbons (Fsp3) is 0.200. The van der Waals surface area contributed by atoms with E-state index < -0.39 is 0 Å². The van der Waals surface area contributed by atoms with Crippen LogP contribution in [0.4, 0.5) is 10.3 Å².